The molecule has 0 atom stereocenters. The Balaban J connectivity index is 1.79. The van der Waals surface area contributed by atoms with Gasteiger partial charge in [-0.2, -0.15) is 18.3 Å². The Hall–Kier alpha value is -3.04. The number of nitrogens with one attached hydrogen (secondary N) is 2. The molecule has 0 aliphatic rings. The topological polar surface area (TPSA) is 96.9 Å². The normalized spacial score (nSPS) is 12.3. The number of hydrazone groups is 1. The highest BCUT2D eigenvalue weighted by Crippen LogP contribution is 2.27. The van der Waals surface area contributed by atoms with E-state index in [0.717, 1.165) is 16.5 Å². The van der Waals surface area contributed by atoms with Crippen LogP contribution in [0.25, 0.3) is 10.9 Å². The van der Waals surface area contributed by atoms with E-state index < -0.39 is 12.0 Å². The number of fused-ring (bicyclic) bond motifs is 1. The molecule has 0 unspecified atom stereocenters. The van der Waals surface area contributed by atoms with Gasteiger partial charge in [0.1, 0.15) is 0 Å². The fraction of sp³-hybridized carbons (Fsp3) is 0.0833. The van der Waals surface area contributed by atoms with Crippen molar-refractivity contribution in [1.29, 1.82) is 0 Å². The summed E-state index contributed by atoms with van der Waals surface area (Å²) < 4.78 is 37.8. The Bertz CT molecular complexity index is 831. The summed E-state index contributed by atoms with van der Waals surface area (Å²) in [4.78, 5) is 3.05. The molecule has 0 amide bonds. The minimum atomic E-state index is -4.68. The maximum Gasteiger partial charge on any atom is 0.453 e. The molecular formula is C12H10F3N7. The highest BCUT2D eigenvalue weighted by molar-refractivity contribution is 5.99. The van der Waals surface area contributed by atoms with Crippen LogP contribution >= 0.6 is 0 Å². The van der Waals surface area contributed by atoms with Crippen molar-refractivity contribution in [2.24, 2.45) is 5.10 Å². The van der Waals surface area contributed by atoms with E-state index in [0.29, 0.717) is 4.68 Å². The summed E-state index contributed by atoms with van der Waals surface area (Å²) in [5.74, 6) is 3.64. The average molecular weight is 309 g/mol. The summed E-state index contributed by atoms with van der Waals surface area (Å²) in [6.07, 6.45) is -1.51. The van der Waals surface area contributed by atoms with E-state index in [9.17, 15) is 13.2 Å². The molecule has 0 saturated carbocycles. The second-order valence-electron chi connectivity index (χ2n) is 4.37. The number of para-hydroxylation sites is 1. The van der Waals surface area contributed by atoms with Crippen molar-refractivity contribution in [1.82, 2.24) is 19.9 Å². The quantitative estimate of drug-likeness (QED) is 0.391. The number of aromatic amines is 1. The number of hydrogen-bond acceptors (Lipinski definition) is 5. The number of benzene rings is 1. The number of nitrogen functional groups attached to an aromatic ring is 1. The highest BCUT2D eigenvalue weighted by Gasteiger charge is 2.38. The zero-order valence-corrected chi connectivity index (χ0v) is 11.0. The van der Waals surface area contributed by atoms with Gasteiger partial charge in [-0.3, -0.25) is 0 Å². The fourth-order valence-corrected chi connectivity index (χ4v) is 1.92. The minimum Gasteiger partial charge on any atom is -0.361 e. The lowest BCUT2D eigenvalue weighted by molar-refractivity contribution is -0.146. The zero-order valence-electron chi connectivity index (χ0n) is 11.0. The first-order valence-corrected chi connectivity index (χ1v) is 6.09. The second-order valence-corrected chi connectivity index (χ2v) is 4.37. The minimum absolute atomic E-state index is 0.298. The highest BCUT2D eigenvalue weighted by atomic mass is 19.4. The molecule has 7 nitrogen and oxygen atoms in total. The van der Waals surface area contributed by atoms with Gasteiger partial charge in [0.2, 0.25) is 0 Å². The SMILES string of the molecule is Nn1c(N/N=C\c2c[nH]c3ccccc23)nnc1C(F)(F)F. The summed E-state index contributed by atoms with van der Waals surface area (Å²) in [6, 6.07) is 7.53. The van der Waals surface area contributed by atoms with Gasteiger partial charge >= 0.3 is 6.18 Å². The van der Waals surface area contributed by atoms with Crippen LogP contribution in [0, 0.1) is 0 Å². The molecule has 0 saturated heterocycles. The molecule has 3 aromatic rings. The van der Waals surface area contributed by atoms with Crippen LogP contribution in [0.3, 0.4) is 0 Å². The van der Waals surface area contributed by atoms with Gasteiger partial charge in [-0.05, 0) is 6.07 Å². The van der Waals surface area contributed by atoms with Crippen molar-refractivity contribution in [2.75, 3.05) is 11.3 Å². The molecule has 22 heavy (non-hydrogen) atoms. The van der Waals surface area contributed by atoms with E-state index in [1.165, 1.54) is 6.21 Å². The van der Waals surface area contributed by atoms with Crippen LogP contribution in [-0.4, -0.2) is 26.1 Å². The number of H-pyrrole nitrogens is 1. The molecule has 0 bridgehead atoms. The molecule has 0 aliphatic heterocycles. The third-order valence-electron chi connectivity index (χ3n) is 2.94. The lowest BCUT2D eigenvalue weighted by atomic mass is 10.2. The third kappa shape index (κ3) is 2.45. The average Bonchev–Trinajstić information content (AvgIpc) is 3.03. The standard InChI is InChI=1S/C12H10F3N7/c13-12(14,15)10-19-21-11(22(10)16)20-18-6-7-5-17-9-4-2-1-3-8(7)9/h1-6,17H,16H2,(H,20,21)/b18-6-. The number of anilines is 1. The largest absolute Gasteiger partial charge is 0.453 e. The number of hydrogen-bond donors (Lipinski definition) is 3. The predicted molar refractivity (Wildman–Crippen MR) is 74.7 cm³/mol. The molecule has 0 aliphatic carbocycles. The van der Waals surface area contributed by atoms with E-state index in [2.05, 4.69) is 25.7 Å². The van der Waals surface area contributed by atoms with Crippen LogP contribution in [0.1, 0.15) is 11.4 Å². The van der Waals surface area contributed by atoms with E-state index >= 15 is 0 Å². The van der Waals surface area contributed by atoms with Crippen LogP contribution in [0.15, 0.2) is 35.6 Å². The van der Waals surface area contributed by atoms with E-state index in [1.54, 1.807) is 6.20 Å². The molecule has 2 heterocycles. The van der Waals surface area contributed by atoms with Crippen LogP contribution in [0.2, 0.25) is 0 Å². The summed E-state index contributed by atoms with van der Waals surface area (Å²) in [5.41, 5.74) is 4.02. The second kappa shape index (κ2) is 5.06. The van der Waals surface area contributed by atoms with Gasteiger partial charge in [-0.1, -0.05) is 18.2 Å². The number of halogens is 3. The van der Waals surface area contributed by atoms with Crippen molar-refractivity contribution in [2.45, 2.75) is 6.18 Å². The first kappa shape index (κ1) is 13.9. The lowest BCUT2D eigenvalue weighted by Crippen LogP contribution is -2.21. The Morgan fingerprint density at radius 2 is 2.05 bits per heavy atom. The Kier molecular flexibility index (Phi) is 3.20. The van der Waals surface area contributed by atoms with Crippen LogP contribution in [0.5, 0.6) is 0 Å². The lowest BCUT2D eigenvalue weighted by Gasteiger charge is -2.05. The zero-order chi connectivity index (χ0) is 15.7. The summed E-state index contributed by atoms with van der Waals surface area (Å²) in [6.45, 7) is 0. The number of nitrogens with two attached hydrogens (primary N) is 1. The molecule has 0 radical (unpaired) electrons. The molecule has 4 N–H and O–H groups in total. The Morgan fingerprint density at radius 1 is 1.27 bits per heavy atom. The van der Waals surface area contributed by atoms with E-state index in [-0.39, 0.29) is 5.95 Å². The Morgan fingerprint density at radius 3 is 2.77 bits per heavy atom. The summed E-state index contributed by atoms with van der Waals surface area (Å²) >= 11 is 0. The van der Waals surface area contributed by atoms with Crippen LogP contribution in [0.4, 0.5) is 19.1 Å². The number of rotatable bonds is 3. The predicted octanol–water partition coefficient (Wildman–Crippen LogP) is 1.94. The first-order chi connectivity index (χ1) is 10.5. The van der Waals surface area contributed by atoms with Gasteiger partial charge in [-0.15, -0.1) is 10.2 Å². The Labute approximate surface area is 121 Å². The van der Waals surface area contributed by atoms with Crippen molar-refractivity contribution in [3.63, 3.8) is 0 Å². The summed E-state index contributed by atoms with van der Waals surface area (Å²) in [7, 11) is 0. The van der Waals surface area contributed by atoms with Gasteiger partial charge in [-0.25, -0.2) is 10.1 Å². The van der Waals surface area contributed by atoms with E-state index in [4.69, 9.17) is 5.84 Å². The van der Waals surface area contributed by atoms with Crippen LogP contribution < -0.4 is 11.3 Å². The molecule has 2 aromatic heterocycles. The number of nitrogens with zero attached hydrogens (tertiary/aromatic N) is 4. The number of alkyl halides is 3. The third-order valence-corrected chi connectivity index (χ3v) is 2.94. The van der Waals surface area contributed by atoms with Gasteiger partial charge in [0.05, 0.1) is 6.21 Å². The van der Waals surface area contributed by atoms with Gasteiger partial charge in [0, 0.05) is 22.7 Å². The first-order valence-electron chi connectivity index (χ1n) is 6.09. The van der Waals surface area contributed by atoms with Crippen molar-refractivity contribution >= 4 is 23.1 Å². The summed E-state index contributed by atoms with van der Waals surface area (Å²) in [5, 5.41) is 11.0. The molecule has 3 rings (SSSR count). The van der Waals surface area contributed by atoms with Crippen molar-refractivity contribution < 1.29 is 13.2 Å². The van der Waals surface area contributed by atoms with Crippen molar-refractivity contribution in [3.05, 3.63) is 41.9 Å². The maximum atomic E-state index is 12.5. The smallest absolute Gasteiger partial charge is 0.361 e. The van der Waals surface area contributed by atoms with Crippen molar-refractivity contribution in [3.8, 4) is 0 Å². The molecule has 114 valence electrons. The number of aromatic nitrogens is 4. The van der Waals surface area contributed by atoms with Gasteiger partial charge in [0.15, 0.2) is 0 Å². The molecule has 1 aromatic carbocycles. The van der Waals surface area contributed by atoms with Gasteiger partial charge < -0.3 is 10.8 Å². The molecule has 10 heteroatoms. The van der Waals surface area contributed by atoms with Gasteiger partial charge in [0.25, 0.3) is 11.8 Å². The van der Waals surface area contributed by atoms with E-state index in [1.807, 2.05) is 24.3 Å². The molecule has 0 fully saturated rings. The molecule has 0 spiro atoms. The maximum absolute atomic E-state index is 12.5. The molecular weight excluding hydrogens is 299 g/mol. The monoisotopic (exact) mass is 309 g/mol. The fourth-order valence-electron chi connectivity index (χ4n) is 1.92. The van der Waals surface area contributed by atoms with Crippen LogP contribution in [-0.2, 0) is 6.18 Å².